The number of carbonyl (C=O) groups excluding carboxylic acids is 1. The lowest BCUT2D eigenvalue weighted by Crippen LogP contribution is -2.23. The van der Waals surface area contributed by atoms with Gasteiger partial charge < -0.3 is 19.9 Å². The van der Waals surface area contributed by atoms with Gasteiger partial charge in [-0.25, -0.2) is 4.79 Å². The molecule has 4 rings (SSSR count). The molecule has 2 aromatic carbocycles. The second kappa shape index (κ2) is 8.37. The van der Waals surface area contributed by atoms with Gasteiger partial charge in [0.1, 0.15) is 0 Å². The molecule has 8 nitrogen and oxygen atoms in total. The molecular weight excluding hydrogens is 424 g/mol. The molecule has 4 aromatic rings. The number of halogens is 1. The molecule has 1 unspecified atom stereocenters. The predicted octanol–water partition coefficient (Wildman–Crippen LogP) is 3.91. The van der Waals surface area contributed by atoms with Crippen LogP contribution in [0.25, 0.3) is 22.4 Å². The molecule has 2 heterocycles. The van der Waals surface area contributed by atoms with Crippen molar-refractivity contribution in [2.24, 2.45) is 0 Å². The molecule has 10 heteroatoms. The third-order valence-electron chi connectivity index (χ3n) is 4.57. The van der Waals surface area contributed by atoms with Gasteiger partial charge in [-0.05, 0) is 56.3 Å². The maximum Gasteiger partial charge on any atom is 0.323 e. The van der Waals surface area contributed by atoms with Gasteiger partial charge in [0.15, 0.2) is 11.0 Å². The van der Waals surface area contributed by atoms with Crippen molar-refractivity contribution < 1.29 is 4.79 Å². The molecule has 0 aliphatic heterocycles. The molecule has 30 heavy (non-hydrogen) atoms. The van der Waals surface area contributed by atoms with E-state index >= 15 is 0 Å². The Bertz CT molecular complexity index is 1260. The van der Waals surface area contributed by atoms with Crippen molar-refractivity contribution in [1.29, 1.82) is 0 Å². The Hall–Kier alpha value is -3.04. The number of hydrogen-bond acceptors (Lipinski definition) is 5. The lowest BCUT2D eigenvalue weighted by molar-refractivity contribution is -0.115. The van der Waals surface area contributed by atoms with Crippen LogP contribution in [0.2, 0.25) is 5.02 Å². The fourth-order valence-electron chi connectivity index (χ4n) is 3.04. The molecule has 2 aromatic heterocycles. The summed E-state index contributed by atoms with van der Waals surface area (Å²) >= 11 is 7.31. The van der Waals surface area contributed by atoms with E-state index in [1.165, 1.54) is 11.8 Å². The quantitative estimate of drug-likeness (QED) is 0.392. The second-order valence-corrected chi connectivity index (χ2v) is 8.39. The first-order valence-corrected chi connectivity index (χ1v) is 10.6. The molecule has 0 radical (unpaired) electrons. The van der Waals surface area contributed by atoms with Crippen molar-refractivity contribution in [1.82, 2.24) is 24.7 Å². The number of fused-ring (bicyclic) bond motifs is 1. The van der Waals surface area contributed by atoms with Gasteiger partial charge in [0, 0.05) is 22.8 Å². The predicted molar refractivity (Wildman–Crippen MR) is 119 cm³/mol. The van der Waals surface area contributed by atoms with E-state index in [0.717, 1.165) is 11.4 Å². The van der Waals surface area contributed by atoms with Crippen LogP contribution in [0.3, 0.4) is 0 Å². The zero-order valence-electron chi connectivity index (χ0n) is 16.3. The average molecular weight is 443 g/mol. The molecule has 0 aliphatic rings. The zero-order valence-corrected chi connectivity index (χ0v) is 17.8. The van der Waals surface area contributed by atoms with Gasteiger partial charge in [-0.2, -0.15) is 0 Å². The van der Waals surface area contributed by atoms with Gasteiger partial charge in [0.2, 0.25) is 5.91 Å². The van der Waals surface area contributed by atoms with Crippen LogP contribution in [0.4, 0.5) is 5.69 Å². The number of aromatic amines is 2. The highest BCUT2D eigenvalue weighted by molar-refractivity contribution is 8.00. The number of imidazole rings is 1. The van der Waals surface area contributed by atoms with Crippen LogP contribution in [0.1, 0.15) is 13.8 Å². The molecule has 0 aliphatic carbocycles. The molecule has 1 atom stereocenters. The fraction of sp³-hybridized carbons (Fsp3) is 0.200. The number of H-pyrrole nitrogens is 2. The minimum atomic E-state index is -0.404. The largest absolute Gasteiger partial charge is 0.325 e. The van der Waals surface area contributed by atoms with Crippen LogP contribution in [0, 0.1) is 0 Å². The van der Waals surface area contributed by atoms with Gasteiger partial charge in [0.05, 0.1) is 16.3 Å². The molecule has 0 bridgehead atoms. The number of benzene rings is 2. The number of nitrogens with one attached hydrogen (secondary N) is 3. The summed E-state index contributed by atoms with van der Waals surface area (Å²) in [4.78, 5) is 29.4. The molecule has 0 fully saturated rings. The van der Waals surface area contributed by atoms with Gasteiger partial charge in [-0.15, -0.1) is 10.2 Å². The summed E-state index contributed by atoms with van der Waals surface area (Å²) in [5.74, 6) is 0.557. The van der Waals surface area contributed by atoms with Crippen molar-refractivity contribution >= 4 is 46.0 Å². The monoisotopic (exact) mass is 442 g/mol. The first-order chi connectivity index (χ1) is 14.4. The van der Waals surface area contributed by atoms with Crippen molar-refractivity contribution in [2.45, 2.75) is 30.8 Å². The highest BCUT2D eigenvalue weighted by Crippen LogP contribution is 2.28. The summed E-state index contributed by atoms with van der Waals surface area (Å²) in [6, 6.07) is 12.6. The van der Waals surface area contributed by atoms with E-state index in [0.29, 0.717) is 33.4 Å². The number of aromatic nitrogens is 5. The molecule has 0 saturated heterocycles. The molecule has 3 N–H and O–H groups in total. The molecule has 1 amide bonds. The molecule has 0 saturated carbocycles. The normalized spacial score (nSPS) is 12.2. The number of nitrogens with zero attached hydrogens (tertiary/aromatic N) is 3. The number of thioether (sulfide) groups is 1. The highest BCUT2D eigenvalue weighted by Gasteiger charge is 2.20. The third kappa shape index (κ3) is 4.12. The number of carbonyl (C=O) groups is 1. The van der Waals surface area contributed by atoms with Crippen molar-refractivity contribution in [3.63, 3.8) is 0 Å². The smallest absolute Gasteiger partial charge is 0.323 e. The van der Waals surface area contributed by atoms with E-state index in [1.54, 1.807) is 18.2 Å². The first-order valence-electron chi connectivity index (χ1n) is 9.33. The standard InChI is InChI=1S/C20H19ClN6O2S/c1-3-27-17(12-4-6-13(21)7-5-12)25-26-20(27)30-11(2)18(28)22-14-8-9-15-16(10-14)24-19(29)23-15/h4-11H,3H2,1-2H3,(H,22,28)(H2,23,24,29). The minimum Gasteiger partial charge on any atom is -0.325 e. The Morgan fingerprint density at radius 1 is 1.17 bits per heavy atom. The Morgan fingerprint density at radius 2 is 1.90 bits per heavy atom. The Morgan fingerprint density at radius 3 is 2.63 bits per heavy atom. The van der Waals surface area contributed by atoms with Gasteiger partial charge >= 0.3 is 5.69 Å². The number of rotatable bonds is 6. The molecule has 0 spiro atoms. The summed E-state index contributed by atoms with van der Waals surface area (Å²) in [5.41, 5.74) is 2.55. The van der Waals surface area contributed by atoms with Crippen molar-refractivity contribution in [3.8, 4) is 11.4 Å². The SMILES string of the molecule is CCn1c(SC(C)C(=O)Nc2ccc3[nH]c(=O)[nH]c3c2)nnc1-c1ccc(Cl)cc1. The maximum absolute atomic E-state index is 12.7. The van der Waals surface area contributed by atoms with E-state index in [4.69, 9.17) is 11.6 Å². The minimum absolute atomic E-state index is 0.170. The van der Waals surface area contributed by atoms with Crippen LogP contribution in [0.5, 0.6) is 0 Å². The van der Waals surface area contributed by atoms with Gasteiger partial charge in [-0.3, -0.25) is 4.79 Å². The van der Waals surface area contributed by atoms with E-state index in [9.17, 15) is 9.59 Å². The van der Waals surface area contributed by atoms with E-state index < -0.39 is 5.25 Å². The second-order valence-electron chi connectivity index (χ2n) is 6.65. The van der Waals surface area contributed by atoms with Gasteiger partial charge in [-0.1, -0.05) is 23.4 Å². The van der Waals surface area contributed by atoms with E-state index in [1.807, 2.05) is 42.7 Å². The van der Waals surface area contributed by atoms with Crippen LogP contribution >= 0.6 is 23.4 Å². The van der Waals surface area contributed by atoms with E-state index in [2.05, 4.69) is 25.5 Å². The average Bonchev–Trinajstić information content (AvgIpc) is 3.30. The summed E-state index contributed by atoms with van der Waals surface area (Å²) in [6.07, 6.45) is 0. The number of hydrogen-bond donors (Lipinski definition) is 3. The maximum atomic E-state index is 12.7. The fourth-order valence-corrected chi connectivity index (χ4v) is 4.08. The van der Waals surface area contributed by atoms with Crippen LogP contribution in [-0.4, -0.2) is 35.9 Å². The highest BCUT2D eigenvalue weighted by atomic mass is 35.5. The lowest BCUT2D eigenvalue weighted by atomic mass is 10.2. The first kappa shape index (κ1) is 20.2. The summed E-state index contributed by atoms with van der Waals surface area (Å²) in [7, 11) is 0. The number of anilines is 1. The van der Waals surface area contributed by atoms with Crippen LogP contribution in [-0.2, 0) is 11.3 Å². The molecule has 154 valence electrons. The summed E-state index contributed by atoms with van der Waals surface area (Å²) in [6.45, 7) is 4.48. The Kier molecular flexibility index (Phi) is 5.65. The summed E-state index contributed by atoms with van der Waals surface area (Å²) < 4.78 is 1.97. The van der Waals surface area contributed by atoms with Crippen molar-refractivity contribution in [2.75, 3.05) is 5.32 Å². The van der Waals surface area contributed by atoms with Crippen molar-refractivity contribution in [3.05, 3.63) is 58.0 Å². The van der Waals surface area contributed by atoms with Gasteiger partial charge in [0.25, 0.3) is 0 Å². The van der Waals surface area contributed by atoms with E-state index in [-0.39, 0.29) is 11.6 Å². The Balaban J connectivity index is 1.49. The third-order valence-corrected chi connectivity index (χ3v) is 5.90. The van der Waals surface area contributed by atoms with Crippen LogP contribution in [0.15, 0.2) is 52.4 Å². The number of amides is 1. The Labute approximate surface area is 181 Å². The van der Waals surface area contributed by atoms with Crippen LogP contribution < -0.4 is 11.0 Å². The topological polar surface area (TPSA) is 108 Å². The summed E-state index contributed by atoms with van der Waals surface area (Å²) in [5, 5.41) is 12.4. The molecular formula is C20H19ClN6O2S. The lowest BCUT2D eigenvalue weighted by Gasteiger charge is -2.13. The zero-order chi connectivity index (χ0) is 21.3.